The van der Waals surface area contributed by atoms with E-state index in [9.17, 15) is 0 Å². The lowest BCUT2D eigenvalue weighted by Crippen LogP contribution is -2.18. The lowest BCUT2D eigenvalue weighted by molar-refractivity contribution is 0.300. The van der Waals surface area contributed by atoms with Crippen LogP contribution in [0.15, 0.2) is 28.8 Å². The zero-order chi connectivity index (χ0) is 13.0. The van der Waals surface area contributed by atoms with Crippen molar-refractivity contribution < 1.29 is 4.52 Å². The van der Waals surface area contributed by atoms with E-state index < -0.39 is 0 Å². The van der Waals surface area contributed by atoms with Gasteiger partial charge in [-0.1, -0.05) is 35.0 Å². The molecule has 0 radical (unpaired) electrons. The SMILES string of the molecule is CN(Cc1noc(CN)n1)Cc1ccccc1Cl. The summed E-state index contributed by atoms with van der Waals surface area (Å²) in [5, 5.41) is 4.61. The highest BCUT2D eigenvalue weighted by molar-refractivity contribution is 6.31. The van der Waals surface area contributed by atoms with Crippen molar-refractivity contribution in [3.05, 3.63) is 46.6 Å². The van der Waals surface area contributed by atoms with Gasteiger partial charge in [-0.25, -0.2) is 0 Å². The molecule has 0 saturated heterocycles. The fraction of sp³-hybridized carbons (Fsp3) is 0.333. The van der Waals surface area contributed by atoms with E-state index in [0.29, 0.717) is 18.3 Å². The predicted molar refractivity (Wildman–Crippen MR) is 68.8 cm³/mol. The van der Waals surface area contributed by atoms with Crippen LogP contribution in [0, 0.1) is 0 Å². The van der Waals surface area contributed by atoms with Gasteiger partial charge in [0.15, 0.2) is 5.82 Å². The molecule has 0 aliphatic heterocycles. The van der Waals surface area contributed by atoms with Crippen molar-refractivity contribution in [3.63, 3.8) is 0 Å². The van der Waals surface area contributed by atoms with Gasteiger partial charge in [0.1, 0.15) is 0 Å². The largest absolute Gasteiger partial charge is 0.338 e. The molecule has 0 spiro atoms. The summed E-state index contributed by atoms with van der Waals surface area (Å²) in [6.07, 6.45) is 0. The van der Waals surface area contributed by atoms with E-state index in [2.05, 4.69) is 15.0 Å². The van der Waals surface area contributed by atoms with Crippen LogP contribution >= 0.6 is 11.6 Å². The summed E-state index contributed by atoms with van der Waals surface area (Å²) in [5.74, 6) is 1.08. The number of benzene rings is 1. The molecule has 1 aromatic carbocycles. The Labute approximate surface area is 111 Å². The molecular weight excluding hydrogens is 252 g/mol. The summed E-state index contributed by atoms with van der Waals surface area (Å²) in [5.41, 5.74) is 6.48. The van der Waals surface area contributed by atoms with Crippen LogP contribution in [0.3, 0.4) is 0 Å². The fourth-order valence-electron chi connectivity index (χ4n) is 1.65. The van der Waals surface area contributed by atoms with Crippen LogP contribution in [0.5, 0.6) is 0 Å². The van der Waals surface area contributed by atoms with Gasteiger partial charge >= 0.3 is 0 Å². The molecule has 5 nitrogen and oxygen atoms in total. The summed E-state index contributed by atoms with van der Waals surface area (Å²) in [7, 11) is 1.97. The number of nitrogens with zero attached hydrogens (tertiary/aromatic N) is 3. The molecule has 0 amide bonds. The Hall–Kier alpha value is -1.43. The average molecular weight is 267 g/mol. The number of hydrogen-bond acceptors (Lipinski definition) is 5. The van der Waals surface area contributed by atoms with E-state index in [4.69, 9.17) is 21.9 Å². The second-order valence-corrected chi connectivity index (χ2v) is 4.48. The molecule has 2 aromatic rings. The first-order valence-corrected chi connectivity index (χ1v) is 6.00. The summed E-state index contributed by atoms with van der Waals surface area (Å²) < 4.78 is 4.95. The van der Waals surface area contributed by atoms with Crippen molar-refractivity contribution in [2.24, 2.45) is 5.73 Å². The monoisotopic (exact) mass is 266 g/mol. The third kappa shape index (κ3) is 3.29. The van der Waals surface area contributed by atoms with E-state index in [1.807, 2.05) is 31.3 Å². The normalized spacial score (nSPS) is 11.1. The minimum atomic E-state index is 0.265. The van der Waals surface area contributed by atoms with Gasteiger partial charge in [-0.15, -0.1) is 0 Å². The van der Waals surface area contributed by atoms with Gasteiger partial charge in [0, 0.05) is 11.6 Å². The molecule has 96 valence electrons. The lowest BCUT2D eigenvalue weighted by Gasteiger charge is -2.15. The summed E-state index contributed by atoms with van der Waals surface area (Å²) >= 11 is 6.10. The maximum Gasteiger partial charge on any atom is 0.240 e. The number of aromatic nitrogens is 2. The summed E-state index contributed by atoms with van der Waals surface area (Å²) in [6, 6.07) is 7.76. The molecule has 1 heterocycles. The van der Waals surface area contributed by atoms with Crippen molar-refractivity contribution >= 4 is 11.6 Å². The van der Waals surface area contributed by atoms with Crippen LogP contribution < -0.4 is 5.73 Å². The Morgan fingerprint density at radius 2 is 2.11 bits per heavy atom. The summed E-state index contributed by atoms with van der Waals surface area (Å²) in [6.45, 7) is 1.59. The molecule has 18 heavy (non-hydrogen) atoms. The van der Waals surface area contributed by atoms with Crippen molar-refractivity contribution in [3.8, 4) is 0 Å². The Kier molecular flexibility index (Phi) is 4.30. The number of nitrogens with two attached hydrogens (primary N) is 1. The molecule has 0 aliphatic rings. The first kappa shape index (κ1) is 13.0. The van der Waals surface area contributed by atoms with Crippen molar-refractivity contribution in [1.29, 1.82) is 0 Å². The molecule has 2 rings (SSSR count). The molecular formula is C12H15ClN4O. The van der Waals surface area contributed by atoms with Crippen molar-refractivity contribution in [2.75, 3.05) is 7.05 Å². The third-order valence-electron chi connectivity index (χ3n) is 2.49. The molecule has 0 fully saturated rings. The minimum absolute atomic E-state index is 0.265. The second kappa shape index (κ2) is 5.95. The Balaban J connectivity index is 1.96. The van der Waals surface area contributed by atoms with Gasteiger partial charge in [0.05, 0.1) is 13.1 Å². The molecule has 2 N–H and O–H groups in total. The van der Waals surface area contributed by atoms with Gasteiger partial charge in [0.2, 0.25) is 5.89 Å². The fourth-order valence-corrected chi connectivity index (χ4v) is 1.85. The summed E-state index contributed by atoms with van der Waals surface area (Å²) in [4.78, 5) is 6.22. The quantitative estimate of drug-likeness (QED) is 0.894. The number of halogens is 1. The Morgan fingerprint density at radius 1 is 1.33 bits per heavy atom. The second-order valence-electron chi connectivity index (χ2n) is 4.07. The van der Waals surface area contributed by atoms with Gasteiger partial charge in [-0.05, 0) is 18.7 Å². The molecule has 0 atom stereocenters. The molecule has 0 unspecified atom stereocenters. The van der Waals surface area contributed by atoms with E-state index >= 15 is 0 Å². The highest BCUT2D eigenvalue weighted by atomic mass is 35.5. The molecule has 1 aromatic heterocycles. The average Bonchev–Trinajstić information content (AvgIpc) is 2.80. The van der Waals surface area contributed by atoms with E-state index in [1.165, 1.54) is 0 Å². The standard InChI is InChI=1S/C12H15ClN4O/c1-17(7-9-4-2-3-5-10(9)13)8-11-15-12(6-14)18-16-11/h2-5H,6-8,14H2,1H3. The molecule has 6 heteroatoms. The minimum Gasteiger partial charge on any atom is -0.338 e. The van der Waals surface area contributed by atoms with Crippen LogP contribution in [0.4, 0.5) is 0 Å². The zero-order valence-electron chi connectivity index (χ0n) is 10.1. The van der Waals surface area contributed by atoms with Crippen LogP contribution in [0.1, 0.15) is 17.3 Å². The van der Waals surface area contributed by atoms with Gasteiger partial charge in [-0.3, -0.25) is 4.90 Å². The smallest absolute Gasteiger partial charge is 0.240 e. The highest BCUT2D eigenvalue weighted by Gasteiger charge is 2.09. The first-order chi connectivity index (χ1) is 8.69. The van der Waals surface area contributed by atoms with Crippen LogP contribution in [0.25, 0.3) is 0 Å². The van der Waals surface area contributed by atoms with Gasteiger partial charge < -0.3 is 10.3 Å². The Bertz CT molecular complexity index is 514. The van der Waals surface area contributed by atoms with E-state index in [1.54, 1.807) is 0 Å². The molecule has 0 saturated carbocycles. The van der Waals surface area contributed by atoms with Crippen LogP contribution in [-0.2, 0) is 19.6 Å². The number of hydrogen-bond donors (Lipinski definition) is 1. The predicted octanol–water partition coefficient (Wildman–Crippen LogP) is 1.81. The lowest BCUT2D eigenvalue weighted by atomic mass is 10.2. The molecule has 0 aliphatic carbocycles. The van der Waals surface area contributed by atoms with E-state index in [-0.39, 0.29) is 6.54 Å². The number of rotatable bonds is 5. The molecule has 0 bridgehead atoms. The first-order valence-electron chi connectivity index (χ1n) is 5.62. The Morgan fingerprint density at radius 3 is 2.78 bits per heavy atom. The zero-order valence-corrected chi connectivity index (χ0v) is 10.9. The third-order valence-corrected chi connectivity index (χ3v) is 2.86. The van der Waals surface area contributed by atoms with Gasteiger partial charge in [0.25, 0.3) is 0 Å². The van der Waals surface area contributed by atoms with Crippen molar-refractivity contribution in [2.45, 2.75) is 19.6 Å². The maximum absolute atomic E-state index is 6.10. The van der Waals surface area contributed by atoms with Crippen LogP contribution in [0.2, 0.25) is 5.02 Å². The van der Waals surface area contributed by atoms with E-state index in [0.717, 1.165) is 17.1 Å². The van der Waals surface area contributed by atoms with Gasteiger partial charge in [-0.2, -0.15) is 4.98 Å². The van der Waals surface area contributed by atoms with Crippen molar-refractivity contribution in [1.82, 2.24) is 15.0 Å². The topological polar surface area (TPSA) is 68.2 Å². The highest BCUT2D eigenvalue weighted by Crippen LogP contribution is 2.16. The maximum atomic E-state index is 6.10. The van der Waals surface area contributed by atoms with Crippen LogP contribution in [-0.4, -0.2) is 22.1 Å².